The number of hydrogen-bond acceptors (Lipinski definition) is 5. The van der Waals surface area contributed by atoms with Crippen molar-refractivity contribution in [1.82, 2.24) is 34.1 Å². The number of hydrogen-bond donors (Lipinski definition) is 0. The molecule has 0 aliphatic carbocycles. The van der Waals surface area contributed by atoms with Crippen molar-refractivity contribution in [2.75, 3.05) is 7.11 Å². The Balaban J connectivity index is 1.41. The zero-order valence-electron chi connectivity index (χ0n) is 18.1. The van der Waals surface area contributed by atoms with Gasteiger partial charge in [-0.15, -0.1) is 0 Å². The Morgan fingerprint density at radius 3 is 2.91 bits per heavy atom. The Morgan fingerprint density at radius 1 is 1.12 bits per heavy atom. The Kier molecular flexibility index (Phi) is 4.55. The average Bonchev–Trinajstić information content (AvgIpc) is 3.51. The van der Waals surface area contributed by atoms with Crippen LogP contribution < -0.4 is 4.74 Å². The molecule has 0 spiro atoms. The third-order valence-electron chi connectivity index (χ3n) is 5.82. The van der Waals surface area contributed by atoms with Gasteiger partial charge in [0.1, 0.15) is 6.33 Å². The number of imidazole rings is 1. The number of aromatic nitrogens is 7. The number of methoxy groups -OCH3 is 1. The maximum atomic E-state index is 6.34. The van der Waals surface area contributed by atoms with Gasteiger partial charge in [0.2, 0.25) is 5.88 Å². The molecule has 0 radical (unpaired) electrons. The maximum absolute atomic E-state index is 6.34. The standard InChI is InChI=1S/C24H20ClN7O/c1-30-11-15-8-21-24(16-10-27-31(12-16)13-18-4-3-5-22(28-18)33-2)26-14-32(21)20-7-6-17(25)9-19(20)23(15)29-30/h3-7,9-12,14H,8,13H2,1-2H3. The summed E-state index contributed by atoms with van der Waals surface area (Å²) in [6.45, 7) is 0.543. The van der Waals surface area contributed by atoms with Crippen molar-refractivity contribution in [3.8, 4) is 34.1 Å². The van der Waals surface area contributed by atoms with E-state index >= 15 is 0 Å². The highest BCUT2D eigenvalue weighted by Gasteiger charge is 2.25. The molecule has 8 nitrogen and oxygen atoms in total. The number of pyridine rings is 1. The van der Waals surface area contributed by atoms with Crippen molar-refractivity contribution < 1.29 is 4.74 Å². The van der Waals surface area contributed by atoms with Gasteiger partial charge in [0.15, 0.2) is 0 Å². The van der Waals surface area contributed by atoms with Crippen LogP contribution in [0.3, 0.4) is 0 Å². The number of halogens is 1. The molecule has 1 aromatic carbocycles. The summed E-state index contributed by atoms with van der Waals surface area (Å²) in [7, 11) is 3.55. The first-order valence-corrected chi connectivity index (χ1v) is 10.9. The summed E-state index contributed by atoms with van der Waals surface area (Å²) in [5.74, 6) is 0.588. The molecule has 4 aromatic heterocycles. The highest BCUT2D eigenvalue weighted by atomic mass is 35.5. The highest BCUT2D eigenvalue weighted by Crippen LogP contribution is 2.38. The SMILES string of the molecule is COc1cccc(Cn2cc(-c3ncn4c3Cc3cn(C)nc3-c3cc(Cl)ccc3-4)cn2)n1. The van der Waals surface area contributed by atoms with Gasteiger partial charge in [-0.3, -0.25) is 9.36 Å². The van der Waals surface area contributed by atoms with Crippen molar-refractivity contribution in [3.63, 3.8) is 0 Å². The van der Waals surface area contributed by atoms with Crippen LogP contribution in [0.15, 0.2) is 61.3 Å². The van der Waals surface area contributed by atoms with E-state index in [0.717, 1.165) is 45.2 Å². The number of fused-ring (bicyclic) bond motifs is 5. The number of aryl methyl sites for hydroxylation is 1. The Morgan fingerprint density at radius 2 is 2.03 bits per heavy atom. The van der Waals surface area contributed by atoms with E-state index in [1.54, 1.807) is 7.11 Å². The van der Waals surface area contributed by atoms with E-state index in [0.29, 0.717) is 23.9 Å². The second kappa shape index (κ2) is 7.60. The Hall–Kier alpha value is -3.91. The van der Waals surface area contributed by atoms with Crippen LogP contribution in [0, 0.1) is 0 Å². The lowest BCUT2D eigenvalue weighted by Gasteiger charge is -2.10. The van der Waals surface area contributed by atoms with E-state index in [2.05, 4.69) is 20.8 Å². The van der Waals surface area contributed by atoms with E-state index in [1.807, 2.05) is 71.5 Å². The zero-order chi connectivity index (χ0) is 22.5. The van der Waals surface area contributed by atoms with Gasteiger partial charge in [-0.05, 0) is 24.3 Å². The van der Waals surface area contributed by atoms with Crippen molar-refractivity contribution in [1.29, 1.82) is 0 Å². The van der Waals surface area contributed by atoms with Gasteiger partial charge in [-0.1, -0.05) is 17.7 Å². The maximum Gasteiger partial charge on any atom is 0.213 e. The largest absolute Gasteiger partial charge is 0.481 e. The quantitative estimate of drug-likeness (QED) is 0.397. The summed E-state index contributed by atoms with van der Waals surface area (Å²) in [6.07, 6.45) is 8.48. The molecule has 0 fully saturated rings. The minimum atomic E-state index is 0.543. The van der Waals surface area contributed by atoms with Gasteiger partial charge in [0, 0.05) is 53.6 Å². The molecule has 0 saturated heterocycles. The van der Waals surface area contributed by atoms with Gasteiger partial charge in [0.05, 0.1) is 48.3 Å². The molecule has 0 unspecified atom stereocenters. The van der Waals surface area contributed by atoms with Crippen LogP contribution in [0.1, 0.15) is 17.0 Å². The minimum Gasteiger partial charge on any atom is -0.481 e. The third kappa shape index (κ3) is 3.39. The lowest BCUT2D eigenvalue weighted by Crippen LogP contribution is -2.02. The van der Waals surface area contributed by atoms with Crippen LogP contribution in [0.2, 0.25) is 5.02 Å². The van der Waals surface area contributed by atoms with Crippen LogP contribution >= 0.6 is 11.6 Å². The topological polar surface area (TPSA) is 75.6 Å². The van der Waals surface area contributed by atoms with Crippen LogP contribution in [0.5, 0.6) is 5.88 Å². The molecule has 33 heavy (non-hydrogen) atoms. The minimum absolute atomic E-state index is 0.543. The second-order valence-electron chi connectivity index (χ2n) is 8.02. The molecule has 1 aliphatic heterocycles. The van der Waals surface area contributed by atoms with Gasteiger partial charge in [-0.25, -0.2) is 9.97 Å². The fourth-order valence-corrected chi connectivity index (χ4v) is 4.54. The van der Waals surface area contributed by atoms with E-state index in [-0.39, 0.29) is 0 Å². The fraction of sp³-hybridized carbons (Fsp3) is 0.167. The molecule has 164 valence electrons. The van der Waals surface area contributed by atoms with Crippen molar-refractivity contribution >= 4 is 11.6 Å². The molecule has 9 heteroatoms. The Bertz CT molecular complexity index is 1500. The van der Waals surface area contributed by atoms with Gasteiger partial charge >= 0.3 is 0 Å². The molecule has 0 saturated carbocycles. The Labute approximate surface area is 195 Å². The first-order valence-electron chi connectivity index (χ1n) is 10.5. The summed E-state index contributed by atoms with van der Waals surface area (Å²) < 4.78 is 11.1. The first-order chi connectivity index (χ1) is 16.1. The molecule has 5 heterocycles. The lowest BCUT2D eigenvalue weighted by molar-refractivity contribution is 0.395. The summed E-state index contributed by atoms with van der Waals surface area (Å²) in [5.41, 5.74) is 7.91. The fourth-order valence-electron chi connectivity index (χ4n) is 4.37. The van der Waals surface area contributed by atoms with Crippen LogP contribution in [-0.4, -0.2) is 41.2 Å². The molecular weight excluding hydrogens is 438 g/mol. The van der Waals surface area contributed by atoms with E-state index in [1.165, 1.54) is 0 Å². The molecule has 1 aliphatic rings. The lowest BCUT2D eigenvalue weighted by atomic mass is 10.0. The summed E-state index contributed by atoms with van der Waals surface area (Å²) in [6, 6.07) is 11.6. The van der Waals surface area contributed by atoms with E-state index in [9.17, 15) is 0 Å². The molecule has 0 atom stereocenters. The van der Waals surface area contributed by atoms with Gasteiger partial charge in [-0.2, -0.15) is 10.2 Å². The predicted molar refractivity (Wildman–Crippen MR) is 125 cm³/mol. The zero-order valence-corrected chi connectivity index (χ0v) is 18.9. The predicted octanol–water partition coefficient (Wildman–Crippen LogP) is 4.15. The smallest absolute Gasteiger partial charge is 0.213 e. The number of benzene rings is 1. The number of ether oxygens (including phenoxy) is 1. The van der Waals surface area contributed by atoms with Crippen LogP contribution in [0.4, 0.5) is 0 Å². The van der Waals surface area contributed by atoms with Gasteiger partial charge in [0.25, 0.3) is 0 Å². The van der Waals surface area contributed by atoms with Crippen molar-refractivity contribution in [2.45, 2.75) is 13.0 Å². The molecule has 6 rings (SSSR count). The molecule has 5 aromatic rings. The third-order valence-corrected chi connectivity index (χ3v) is 6.06. The summed E-state index contributed by atoms with van der Waals surface area (Å²) >= 11 is 6.34. The monoisotopic (exact) mass is 457 g/mol. The van der Waals surface area contributed by atoms with Crippen molar-refractivity contribution in [2.24, 2.45) is 7.05 Å². The van der Waals surface area contributed by atoms with E-state index < -0.39 is 0 Å². The first kappa shape index (κ1) is 19.8. The number of rotatable bonds is 4. The van der Waals surface area contributed by atoms with E-state index in [4.69, 9.17) is 26.4 Å². The van der Waals surface area contributed by atoms with Crippen LogP contribution in [-0.2, 0) is 20.0 Å². The molecule has 0 bridgehead atoms. The normalized spacial score (nSPS) is 12.1. The summed E-state index contributed by atoms with van der Waals surface area (Å²) in [5, 5.41) is 9.95. The van der Waals surface area contributed by atoms with Gasteiger partial charge < -0.3 is 9.30 Å². The highest BCUT2D eigenvalue weighted by molar-refractivity contribution is 6.31. The van der Waals surface area contributed by atoms with Crippen molar-refractivity contribution in [3.05, 3.63) is 83.3 Å². The summed E-state index contributed by atoms with van der Waals surface area (Å²) in [4.78, 5) is 9.25. The molecule has 0 amide bonds. The second-order valence-corrected chi connectivity index (χ2v) is 8.46. The molecular formula is C24H20ClN7O. The number of nitrogens with zero attached hydrogens (tertiary/aromatic N) is 7. The van der Waals surface area contributed by atoms with Crippen LogP contribution in [0.25, 0.3) is 28.2 Å². The average molecular weight is 458 g/mol. The molecule has 0 N–H and O–H groups in total.